The number of carbonyl (C=O) groups excluding carboxylic acids is 2. The summed E-state index contributed by atoms with van der Waals surface area (Å²) >= 11 is 0. The Bertz CT molecular complexity index is 1190. The summed E-state index contributed by atoms with van der Waals surface area (Å²) in [7, 11) is 0. The quantitative estimate of drug-likeness (QED) is 0.398. The first-order valence-electron chi connectivity index (χ1n) is 10.5. The van der Waals surface area contributed by atoms with Crippen LogP contribution in [0.1, 0.15) is 24.1 Å². The smallest absolute Gasteiger partial charge is 0.410 e. The lowest BCUT2D eigenvalue weighted by Gasteiger charge is -2.21. The van der Waals surface area contributed by atoms with Gasteiger partial charge in [-0.25, -0.2) is 4.79 Å². The minimum atomic E-state index is -0.809. The van der Waals surface area contributed by atoms with Gasteiger partial charge in [0.2, 0.25) is 5.91 Å². The minimum absolute atomic E-state index is 0.207. The number of aromatic nitrogens is 1. The van der Waals surface area contributed by atoms with E-state index in [-0.39, 0.29) is 11.9 Å². The molecule has 0 saturated heterocycles. The molecule has 3 aromatic carbocycles. The number of hydrogen-bond donors (Lipinski definition) is 3. The van der Waals surface area contributed by atoms with Crippen LogP contribution in [-0.2, 0) is 11.2 Å². The van der Waals surface area contributed by atoms with Crippen LogP contribution >= 0.6 is 0 Å². The normalized spacial score (nSPS) is 12.7. The molecule has 0 aliphatic carbocycles. The fourth-order valence-corrected chi connectivity index (χ4v) is 3.64. The predicted molar refractivity (Wildman–Crippen MR) is 124 cm³/mol. The van der Waals surface area contributed by atoms with Gasteiger partial charge in [-0.15, -0.1) is 0 Å². The van der Waals surface area contributed by atoms with Crippen LogP contribution in [0.25, 0.3) is 10.9 Å². The van der Waals surface area contributed by atoms with Gasteiger partial charge in [-0.05, 0) is 36.2 Å². The second-order valence-corrected chi connectivity index (χ2v) is 7.60. The average molecular weight is 428 g/mol. The average Bonchev–Trinajstić information content (AvgIpc) is 3.22. The third-order valence-electron chi connectivity index (χ3n) is 5.32. The number of rotatable bonds is 7. The molecule has 0 spiro atoms. The van der Waals surface area contributed by atoms with Crippen LogP contribution < -0.4 is 15.4 Å². The Morgan fingerprint density at radius 3 is 2.28 bits per heavy atom. The number of H-pyrrole nitrogens is 1. The number of aromatic amines is 1. The summed E-state index contributed by atoms with van der Waals surface area (Å²) in [4.78, 5) is 29.0. The van der Waals surface area contributed by atoms with Crippen molar-refractivity contribution in [1.29, 1.82) is 0 Å². The van der Waals surface area contributed by atoms with Crippen LogP contribution in [0.5, 0.6) is 5.75 Å². The van der Waals surface area contributed by atoms with Gasteiger partial charge >= 0.3 is 6.09 Å². The number of ether oxygens (including phenoxy) is 1. The summed E-state index contributed by atoms with van der Waals surface area (Å²) in [6.07, 6.45) is 1.51. The topological polar surface area (TPSA) is 83.2 Å². The fourth-order valence-electron chi connectivity index (χ4n) is 3.64. The largest absolute Gasteiger partial charge is 0.413 e. The molecule has 3 N–H and O–H groups in total. The van der Waals surface area contributed by atoms with Crippen LogP contribution in [0, 0.1) is 0 Å². The van der Waals surface area contributed by atoms with Crippen LogP contribution in [-0.4, -0.2) is 23.0 Å². The Balaban J connectivity index is 1.52. The minimum Gasteiger partial charge on any atom is -0.410 e. The highest BCUT2D eigenvalue weighted by atomic mass is 16.6. The summed E-state index contributed by atoms with van der Waals surface area (Å²) in [5, 5.41) is 6.76. The van der Waals surface area contributed by atoms with Crippen molar-refractivity contribution >= 4 is 22.9 Å². The highest BCUT2D eigenvalue weighted by Gasteiger charge is 2.25. The second-order valence-electron chi connectivity index (χ2n) is 7.60. The molecule has 4 aromatic rings. The fraction of sp³-hybridized carbons (Fsp3) is 0.154. The molecule has 0 radical (unpaired) electrons. The molecule has 32 heavy (non-hydrogen) atoms. The second kappa shape index (κ2) is 9.83. The lowest BCUT2D eigenvalue weighted by Crippen LogP contribution is -2.49. The number of para-hydroxylation sites is 2. The maximum Gasteiger partial charge on any atom is 0.413 e. The first-order chi connectivity index (χ1) is 15.6. The van der Waals surface area contributed by atoms with E-state index in [1.807, 2.05) is 73.8 Å². The molecule has 0 unspecified atom stereocenters. The summed E-state index contributed by atoms with van der Waals surface area (Å²) in [6, 6.07) is 25.3. The SMILES string of the molecule is C[C@H](NC(=O)[C@H](Cc1c[nH]c2ccccc12)NC(=O)Oc1ccccc1)c1ccccc1. The van der Waals surface area contributed by atoms with Gasteiger partial charge in [0.05, 0.1) is 6.04 Å². The van der Waals surface area contributed by atoms with Crippen molar-refractivity contribution < 1.29 is 14.3 Å². The molecule has 162 valence electrons. The molecule has 0 fully saturated rings. The molecule has 0 aliphatic heterocycles. The van der Waals surface area contributed by atoms with Crippen molar-refractivity contribution in [3.8, 4) is 5.75 Å². The van der Waals surface area contributed by atoms with Crippen molar-refractivity contribution in [1.82, 2.24) is 15.6 Å². The van der Waals surface area contributed by atoms with Gasteiger partial charge in [0.1, 0.15) is 11.8 Å². The van der Waals surface area contributed by atoms with E-state index in [0.29, 0.717) is 12.2 Å². The van der Waals surface area contributed by atoms with Crippen LogP contribution in [0.15, 0.2) is 91.1 Å². The molecule has 4 rings (SSSR count). The lowest BCUT2D eigenvalue weighted by molar-refractivity contribution is -0.123. The van der Waals surface area contributed by atoms with Crippen LogP contribution in [0.4, 0.5) is 4.79 Å². The van der Waals surface area contributed by atoms with E-state index in [1.54, 1.807) is 24.3 Å². The van der Waals surface area contributed by atoms with Crippen molar-refractivity contribution in [2.45, 2.75) is 25.4 Å². The van der Waals surface area contributed by atoms with Crippen molar-refractivity contribution in [3.05, 3.63) is 102 Å². The van der Waals surface area contributed by atoms with E-state index < -0.39 is 12.1 Å². The Kier molecular flexibility index (Phi) is 6.51. The highest BCUT2D eigenvalue weighted by Crippen LogP contribution is 2.20. The zero-order valence-electron chi connectivity index (χ0n) is 17.7. The summed E-state index contributed by atoms with van der Waals surface area (Å²) in [5.41, 5.74) is 2.90. The molecule has 2 atom stereocenters. The summed E-state index contributed by atoms with van der Waals surface area (Å²) in [5.74, 6) is 0.130. The van der Waals surface area contributed by atoms with Crippen LogP contribution in [0.3, 0.4) is 0 Å². The van der Waals surface area contributed by atoms with Gasteiger partial charge < -0.3 is 20.4 Å². The number of fused-ring (bicyclic) bond motifs is 1. The first-order valence-corrected chi connectivity index (χ1v) is 10.5. The maximum absolute atomic E-state index is 13.2. The Hall–Kier alpha value is -4.06. The summed E-state index contributed by atoms with van der Waals surface area (Å²) < 4.78 is 5.35. The van der Waals surface area contributed by atoms with Crippen LogP contribution in [0.2, 0.25) is 0 Å². The van der Waals surface area contributed by atoms with Gasteiger partial charge in [0.25, 0.3) is 0 Å². The molecular formula is C26H25N3O3. The molecule has 6 nitrogen and oxygen atoms in total. The van der Waals surface area contributed by atoms with Gasteiger partial charge in [-0.1, -0.05) is 66.7 Å². The zero-order chi connectivity index (χ0) is 22.3. The standard InChI is InChI=1S/C26H25N3O3/c1-18(19-10-4-2-5-11-19)28-25(30)24(29-26(31)32-21-12-6-3-7-13-21)16-20-17-27-23-15-9-8-14-22(20)23/h2-15,17-18,24,27H,16H2,1H3,(H,28,30)(H,29,31)/t18-,24-/m0/s1. The molecular weight excluding hydrogens is 402 g/mol. The predicted octanol–water partition coefficient (Wildman–Crippen LogP) is 4.75. The third-order valence-corrected chi connectivity index (χ3v) is 5.32. The van der Waals surface area contributed by atoms with E-state index in [1.165, 1.54) is 0 Å². The van der Waals surface area contributed by atoms with Crippen molar-refractivity contribution in [2.75, 3.05) is 0 Å². The highest BCUT2D eigenvalue weighted by molar-refractivity contribution is 5.88. The zero-order valence-corrected chi connectivity index (χ0v) is 17.7. The van der Waals surface area contributed by atoms with Gasteiger partial charge in [0.15, 0.2) is 0 Å². The van der Waals surface area contributed by atoms with E-state index in [4.69, 9.17) is 4.74 Å². The van der Waals surface area contributed by atoms with E-state index in [9.17, 15) is 9.59 Å². The van der Waals surface area contributed by atoms with E-state index in [2.05, 4.69) is 15.6 Å². The van der Waals surface area contributed by atoms with Crippen molar-refractivity contribution in [2.24, 2.45) is 0 Å². The monoisotopic (exact) mass is 427 g/mol. The number of carbonyl (C=O) groups is 2. The lowest BCUT2D eigenvalue weighted by atomic mass is 10.0. The number of benzene rings is 3. The number of nitrogens with one attached hydrogen (secondary N) is 3. The van der Waals surface area contributed by atoms with Gasteiger partial charge in [-0.2, -0.15) is 0 Å². The van der Waals surface area contributed by atoms with E-state index >= 15 is 0 Å². The third kappa shape index (κ3) is 5.16. The molecule has 0 aliphatic rings. The van der Waals surface area contributed by atoms with Crippen molar-refractivity contribution in [3.63, 3.8) is 0 Å². The number of amides is 2. The molecule has 1 heterocycles. The molecule has 2 amide bonds. The first kappa shape index (κ1) is 21.2. The molecule has 0 bridgehead atoms. The van der Waals surface area contributed by atoms with Gasteiger partial charge in [-0.3, -0.25) is 4.79 Å². The molecule has 1 aromatic heterocycles. The Labute approximate surface area is 186 Å². The number of hydrogen-bond acceptors (Lipinski definition) is 3. The van der Waals surface area contributed by atoms with E-state index in [0.717, 1.165) is 22.0 Å². The Morgan fingerprint density at radius 1 is 0.875 bits per heavy atom. The Morgan fingerprint density at radius 2 is 1.53 bits per heavy atom. The summed E-state index contributed by atoms with van der Waals surface area (Å²) in [6.45, 7) is 1.91. The van der Waals surface area contributed by atoms with Gasteiger partial charge in [0, 0.05) is 23.5 Å². The maximum atomic E-state index is 13.2. The molecule has 0 saturated carbocycles. The molecule has 6 heteroatoms.